The molecule has 1 saturated carbocycles. The third kappa shape index (κ3) is 9.50. The number of fused-ring (bicyclic) bond motifs is 1. The summed E-state index contributed by atoms with van der Waals surface area (Å²) in [5.41, 5.74) is 0.486. The molecule has 226 valence electrons. The lowest BCUT2D eigenvalue weighted by atomic mass is 10.1. The van der Waals surface area contributed by atoms with Gasteiger partial charge in [-0.25, -0.2) is 4.79 Å². The van der Waals surface area contributed by atoms with Gasteiger partial charge in [0.05, 0.1) is 26.3 Å². The molecular formula is C32H41N3O7. The normalized spacial score (nSPS) is 12.5. The number of carbonyl (C=O) groups is 3. The molecule has 1 fully saturated rings. The number of carbonyl (C=O) groups excluding carboxylic acids is 3. The molecule has 1 heterocycles. The van der Waals surface area contributed by atoms with Crippen LogP contribution in [-0.4, -0.2) is 50.5 Å². The predicted molar refractivity (Wildman–Crippen MR) is 163 cm³/mol. The van der Waals surface area contributed by atoms with E-state index in [1.807, 2.05) is 19.9 Å². The van der Waals surface area contributed by atoms with Crippen LogP contribution in [0.1, 0.15) is 47.0 Å². The Hall–Kier alpha value is -4.60. The number of pyridine rings is 1. The standard InChI is InChI=1S/C22H20N2O5.C8H15NO2.C2H6/c1-27-19-11-16-17(12-20(19)28-2)23-10-7-18(16)29-15-5-3-14(4-6-15)24-21(26)22(13-25)8-9-22;1-3-6-9-7-5-8(10)11-4-2;1-2/h3-7,10-13H,8-9H2,1-2H3,(H,24,26);5,7,9H,3-4,6H2,1-2H3;1-2H3/b;7-5+;. The predicted octanol–water partition coefficient (Wildman–Crippen LogP) is 6.05. The average molecular weight is 580 g/mol. The number of rotatable bonds is 12. The number of aldehydes is 1. The Kier molecular flexibility index (Phi) is 13.8. The minimum Gasteiger partial charge on any atom is -0.493 e. The van der Waals surface area contributed by atoms with Gasteiger partial charge in [-0.1, -0.05) is 20.8 Å². The second-order valence-electron chi connectivity index (χ2n) is 8.93. The zero-order valence-electron chi connectivity index (χ0n) is 25.2. The van der Waals surface area contributed by atoms with Crippen molar-refractivity contribution in [3.05, 3.63) is 60.9 Å². The van der Waals surface area contributed by atoms with E-state index in [1.165, 1.54) is 6.08 Å². The van der Waals surface area contributed by atoms with Crippen molar-refractivity contribution in [3.63, 3.8) is 0 Å². The van der Waals surface area contributed by atoms with Crippen LogP contribution in [0.4, 0.5) is 5.69 Å². The van der Waals surface area contributed by atoms with Crippen LogP contribution >= 0.6 is 0 Å². The number of ether oxygens (including phenoxy) is 4. The minimum atomic E-state index is -0.842. The number of esters is 1. The molecule has 4 rings (SSSR count). The van der Waals surface area contributed by atoms with E-state index in [1.54, 1.807) is 69.9 Å². The highest BCUT2D eigenvalue weighted by atomic mass is 16.5. The summed E-state index contributed by atoms with van der Waals surface area (Å²) in [5.74, 6) is 1.83. The van der Waals surface area contributed by atoms with E-state index in [2.05, 4.69) is 27.3 Å². The quantitative estimate of drug-likeness (QED) is 0.0867. The van der Waals surface area contributed by atoms with Gasteiger partial charge in [0, 0.05) is 42.2 Å². The lowest BCUT2D eigenvalue weighted by Crippen LogP contribution is -2.25. The first-order valence-electron chi connectivity index (χ1n) is 14.0. The van der Waals surface area contributed by atoms with E-state index in [4.69, 9.17) is 14.2 Å². The van der Waals surface area contributed by atoms with Gasteiger partial charge in [0.25, 0.3) is 0 Å². The van der Waals surface area contributed by atoms with Crippen LogP contribution in [-0.2, 0) is 19.1 Å². The summed E-state index contributed by atoms with van der Waals surface area (Å²) in [5, 5.41) is 6.50. The van der Waals surface area contributed by atoms with E-state index in [-0.39, 0.29) is 11.9 Å². The highest BCUT2D eigenvalue weighted by Gasteiger charge is 2.50. The molecule has 10 nitrogen and oxygen atoms in total. The smallest absolute Gasteiger partial charge is 0.332 e. The van der Waals surface area contributed by atoms with Crippen molar-refractivity contribution in [3.8, 4) is 23.0 Å². The molecule has 0 spiro atoms. The van der Waals surface area contributed by atoms with E-state index in [0.717, 1.165) is 24.6 Å². The molecule has 2 N–H and O–H groups in total. The largest absolute Gasteiger partial charge is 0.493 e. The van der Waals surface area contributed by atoms with Gasteiger partial charge in [-0.3, -0.25) is 9.78 Å². The van der Waals surface area contributed by atoms with Crippen LogP contribution in [0.2, 0.25) is 0 Å². The van der Waals surface area contributed by atoms with E-state index in [0.29, 0.717) is 53.7 Å². The number of aromatic nitrogens is 1. The summed E-state index contributed by atoms with van der Waals surface area (Å²) in [4.78, 5) is 38.2. The highest BCUT2D eigenvalue weighted by Crippen LogP contribution is 2.44. The van der Waals surface area contributed by atoms with E-state index >= 15 is 0 Å². The number of nitrogens with zero attached hydrogens (tertiary/aromatic N) is 1. The molecule has 1 aliphatic rings. The maximum atomic E-state index is 12.2. The topological polar surface area (TPSA) is 125 Å². The summed E-state index contributed by atoms with van der Waals surface area (Å²) in [6.45, 7) is 9.16. The second kappa shape index (κ2) is 17.3. The Morgan fingerprint density at radius 2 is 1.64 bits per heavy atom. The van der Waals surface area contributed by atoms with Gasteiger partial charge in [-0.05, 0) is 62.6 Å². The molecule has 10 heteroatoms. The summed E-state index contributed by atoms with van der Waals surface area (Å²) < 4.78 is 21.4. The number of hydrogen-bond donors (Lipinski definition) is 2. The van der Waals surface area contributed by atoms with Crippen LogP contribution in [0.25, 0.3) is 10.9 Å². The third-order valence-corrected chi connectivity index (χ3v) is 6.03. The molecule has 0 atom stereocenters. The van der Waals surface area contributed by atoms with E-state index < -0.39 is 5.41 Å². The van der Waals surface area contributed by atoms with Crippen LogP contribution in [0, 0.1) is 5.41 Å². The summed E-state index contributed by atoms with van der Waals surface area (Å²) in [6, 6.07) is 12.4. The minimum absolute atomic E-state index is 0.262. The van der Waals surface area contributed by atoms with Crippen LogP contribution in [0.3, 0.4) is 0 Å². The Morgan fingerprint density at radius 1 is 0.976 bits per heavy atom. The number of nitrogens with one attached hydrogen (secondary N) is 2. The van der Waals surface area contributed by atoms with Gasteiger partial charge in [0.1, 0.15) is 23.2 Å². The van der Waals surface area contributed by atoms with Crippen LogP contribution < -0.4 is 24.8 Å². The van der Waals surface area contributed by atoms with Crippen molar-refractivity contribution in [2.45, 2.75) is 47.0 Å². The Balaban J connectivity index is 0.000000403. The van der Waals surface area contributed by atoms with Crippen molar-refractivity contribution < 1.29 is 33.3 Å². The van der Waals surface area contributed by atoms with Crippen LogP contribution in [0.15, 0.2) is 60.9 Å². The van der Waals surface area contributed by atoms with Crippen molar-refractivity contribution >= 4 is 34.8 Å². The van der Waals surface area contributed by atoms with Crippen LogP contribution in [0.5, 0.6) is 23.0 Å². The molecule has 0 radical (unpaired) electrons. The Labute approximate surface area is 247 Å². The van der Waals surface area contributed by atoms with Gasteiger partial charge >= 0.3 is 5.97 Å². The molecule has 1 amide bonds. The lowest BCUT2D eigenvalue weighted by Gasteiger charge is -2.13. The Morgan fingerprint density at radius 3 is 2.21 bits per heavy atom. The highest BCUT2D eigenvalue weighted by molar-refractivity contribution is 6.07. The average Bonchev–Trinajstić information content (AvgIpc) is 3.83. The first-order chi connectivity index (χ1) is 20.4. The van der Waals surface area contributed by atoms with Crippen molar-refractivity contribution in [1.29, 1.82) is 0 Å². The van der Waals surface area contributed by atoms with E-state index in [9.17, 15) is 14.4 Å². The number of amides is 1. The third-order valence-electron chi connectivity index (χ3n) is 6.03. The molecule has 2 aromatic carbocycles. The van der Waals surface area contributed by atoms with Gasteiger partial charge in [-0.15, -0.1) is 0 Å². The molecule has 1 aromatic heterocycles. The number of benzene rings is 2. The fraction of sp³-hybridized carbons (Fsp3) is 0.375. The van der Waals surface area contributed by atoms with Crippen molar-refractivity contribution in [2.75, 3.05) is 32.7 Å². The molecule has 1 aliphatic carbocycles. The van der Waals surface area contributed by atoms with Crippen molar-refractivity contribution in [1.82, 2.24) is 10.3 Å². The molecule has 0 aliphatic heterocycles. The van der Waals surface area contributed by atoms with Gasteiger partial charge in [0.15, 0.2) is 11.5 Å². The number of methoxy groups -OCH3 is 2. The summed E-state index contributed by atoms with van der Waals surface area (Å²) in [6.07, 6.45) is 7.65. The fourth-order valence-electron chi connectivity index (χ4n) is 3.60. The molecule has 42 heavy (non-hydrogen) atoms. The SMILES string of the molecule is CC.CCCN/C=C/C(=O)OCC.COc1cc2nccc(Oc3ccc(NC(=O)C4(C=O)CC4)cc3)c2cc1OC. The maximum absolute atomic E-state index is 12.2. The number of hydrogen-bond acceptors (Lipinski definition) is 9. The van der Waals surface area contributed by atoms with Gasteiger partial charge in [0.2, 0.25) is 5.91 Å². The molecule has 0 bridgehead atoms. The van der Waals surface area contributed by atoms with Crippen molar-refractivity contribution in [2.24, 2.45) is 5.41 Å². The van der Waals surface area contributed by atoms with Gasteiger partial charge < -0.3 is 34.4 Å². The monoisotopic (exact) mass is 579 g/mol. The molecule has 0 unspecified atom stereocenters. The first kappa shape index (κ1) is 33.6. The maximum Gasteiger partial charge on any atom is 0.332 e. The number of anilines is 1. The molecule has 0 saturated heterocycles. The molecule has 3 aromatic rings. The first-order valence-corrected chi connectivity index (χ1v) is 14.0. The fourth-order valence-corrected chi connectivity index (χ4v) is 3.60. The zero-order chi connectivity index (χ0) is 31.0. The summed E-state index contributed by atoms with van der Waals surface area (Å²) in [7, 11) is 3.15. The van der Waals surface area contributed by atoms with Gasteiger partial charge in [-0.2, -0.15) is 0 Å². The molecular weight excluding hydrogens is 538 g/mol. The lowest BCUT2D eigenvalue weighted by molar-refractivity contribution is -0.137. The Bertz CT molecular complexity index is 1340. The zero-order valence-corrected chi connectivity index (χ0v) is 25.2. The summed E-state index contributed by atoms with van der Waals surface area (Å²) >= 11 is 0. The second-order valence-corrected chi connectivity index (χ2v) is 8.93.